The van der Waals surface area contributed by atoms with E-state index in [4.69, 9.17) is 5.11 Å². The zero-order valence-corrected chi connectivity index (χ0v) is 17.8. The topological polar surface area (TPSA) is 142 Å². The first-order valence-corrected chi connectivity index (χ1v) is 10.1. The summed E-state index contributed by atoms with van der Waals surface area (Å²) in [4.78, 5) is 26.9. The molecular formula is C21H21F2N7O3. The summed E-state index contributed by atoms with van der Waals surface area (Å²) in [5, 5.41) is 25.7. The number of anilines is 1. The van der Waals surface area contributed by atoms with Crippen molar-refractivity contribution in [3.8, 4) is 22.6 Å². The van der Waals surface area contributed by atoms with E-state index in [9.17, 15) is 14.3 Å². The average molecular weight is 457 g/mol. The van der Waals surface area contributed by atoms with Crippen LogP contribution in [-0.4, -0.2) is 58.5 Å². The SMILES string of the molecule is C[C@H](Nc1nc(-c2c[nH]c3ncc(F)cc23)nc(-c2cnn(CCO)c2)c1F)[C@H](C)C(=O)O. The summed E-state index contributed by atoms with van der Waals surface area (Å²) in [6, 6.07) is 0.606. The van der Waals surface area contributed by atoms with E-state index >= 15 is 4.39 Å². The summed E-state index contributed by atoms with van der Waals surface area (Å²) in [6.07, 6.45) is 5.52. The number of nitrogens with one attached hydrogen (secondary N) is 2. The van der Waals surface area contributed by atoms with Crippen molar-refractivity contribution in [1.29, 1.82) is 0 Å². The maximum Gasteiger partial charge on any atom is 0.308 e. The third-order valence-electron chi connectivity index (χ3n) is 5.33. The van der Waals surface area contributed by atoms with Crippen LogP contribution < -0.4 is 5.32 Å². The Bertz CT molecular complexity index is 1320. The average Bonchev–Trinajstić information content (AvgIpc) is 3.41. The van der Waals surface area contributed by atoms with Crippen LogP contribution in [0.4, 0.5) is 14.6 Å². The van der Waals surface area contributed by atoms with Gasteiger partial charge in [-0.1, -0.05) is 0 Å². The first-order valence-electron chi connectivity index (χ1n) is 10.1. The van der Waals surface area contributed by atoms with Crippen molar-refractivity contribution < 1.29 is 23.8 Å². The summed E-state index contributed by atoms with van der Waals surface area (Å²) in [7, 11) is 0. The number of nitrogens with zero attached hydrogens (tertiary/aromatic N) is 5. The van der Waals surface area contributed by atoms with Gasteiger partial charge in [-0.25, -0.2) is 23.7 Å². The normalized spacial score (nSPS) is 13.2. The number of pyridine rings is 1. The number of hydrogen-bond donors (Lipinski definition) is 4. The summed E-state index contributed by atoms with van der Waals surface area (Å²) >= 11 is 0. The molecular weight excluding hydrogens is 436 g/mol. The fourth-order valence-corrected chi connectivity index (χ4v) is 3.28. The first-order chi connectivity index (χ1) is 15.8. The van der Waals surface area contributed by atoms with Crippen molar-refractivity contribution in [1.82, 2.24) is 29.7 Å². The summed E-state index contributed by atoms with van der Waals surface area (Å²) in [5.74, 6) is -3.35. The van der Waals surface area contributed by atoms with Crippen LogP contribution in [-0.2, 0) is 11.3 Å². The van der Waals surface area contributed by atoms with Crippen LogP contribution in [0.25, 0.3) is 33.7 Å². The molecule has 4 rings (SSSR count). The Morgan fingerprint density at radius 2 is 2.06 bits per heavy atom. The first kappa shape index (κ1) is 22.3. The van der Waals surface area contributed by atoms with Crippen molar-refractivity contribution >= 4 is 22.8 Å². The molecule has 4 aromatic rings. The van der Waals surface area contributed by atoms with Crippen LogP contribution in [0.5, 0.6) is 0 Å². The minimum absolute atomic E-state index is 0.0811. The monoisotopic (exact) mass is 457 g/mol. The number of aliphatic carboxylic acids is 1. The smallest absolute Gasteiger partial charge is 0.308 e. The molecule has 12 heteroatoms. The van der Waals surface area contributed by atoms with Crippen molar-refractivity contribution in [3.05, 3.63) is 42.5 Å². The Morgan fingerprint density at radius 3 is 2.79 bits per heavy atom. The predicted molar refractivity (Wildman–Crippen MR) is 115 cm³/mol. The maximum atomic E-state index is 15.5. The number of fused-ring (bicyclic) bond motifs is 1. The standard InChI is InChI=1S/C21H21F2N7O3/c1-10(21(32)33)11(2)27-20-16(23)17(12-6-26-30(9-12)3-4-31)28-19(29-20)15-8-25-18-14(15)5-13(22)7-24-18/h5-11,31H,3-4H2,1-2H3,(H,24,25)(H,32,33)(H,27,28,29)/t10-,11-/m0/s1. The molecule has 4 heterocycles. The quantitative estimate of drug-likeness (QED) is 0.316. The highest BCUT2D eigenvalue weighted by atomic mass is 19.1. The van der Waals surface area contributed by atoms with Crippen LogP contribution in [0, 0.1) is 17.6 Å². The Morgan fingerprint density at radius 1 is 1.27 bits per heavy atom. The largest absolute Gasteiger partial charge is 0.481 e. The van der Waals surface area contributed by atoms with Gasteiger partial charge in [0.05, 0.1) is 31.5 Å². The fraction of sp³-hybridized carbons (Fsp3) is 0.286. The molecule has 10 nitrogen and oxygen atoms in total. The molecule has 0 radical (unpaired) electrons. The molecule has 33 heavy (non-hydrogen) atoms. The highest BCUT2D eigenvalue weighted by Gasteiger charge is 2.25. The number of aromatic amines is 1. The molecule has 0 amide bonds. The maximum absolute atomic E-state index is 15.5. The zero-order valence-electron chi connectivity index (χ0n) is 17.8. The molecule has 4 N–H and O–H groups in total. The van der Waals surface area contributed by atoms with Gasteiger partial charge in [-0.2, -0.15) is 5.10 Å². The van der Waals surface area contributed by atoms with Crippen LogP contribution in [0.1, 0.15) is 13.8 Å². The number of H-pyrrole nitrogens is 1. The minimum Gasteiger partial charge on any atom is -0.481 e. The van der Waals surface area contributed by atoms with E-state index in [0.29, 0.717) is 22.2 Å². The van der Waals surface area contributed by atoms with Gasteiger partial charge in [-0.05, 0) is 19.9 Å². The number of aliphatic hydroxyl groups excluding tert-OH is 1. The van der Waals surface area contributed by atoms with E-state index in [-0.39, 0.29) is 30.5 Å². The van der Waals surface area contributed by atoms with Crippen molar-refractivity contribution in [3.63, 3.8) is 0 Å². The van der Waals surface area contributed by atoms with Crippen LogP contribution in [0.2, 0.25) is 0 Å². The molecule has 0 aromatic carbocycles. The second-order valence-electron chi connectivity index (χ2n) is 7.59. The lowest BCUT2D eigenvalue weighted by Gasteiger charge is -2.19. The molecule has 4 aromatic heterocycles. The van der Waals surface area contributed by atoms with Gasteiger partial charge in [0.2, 0.25) is 0 Å². The lowest BCUT2D eigenvalue weighted by atomic mass is 10.0. The van der Waals surface area contributed by atoms with Crippen molar-refractivity contribution in [2.24, 2.45) is 5.92 Å². The lowest BCUT2D eigenvalue weighted by molar-refractivity contribution is -0.141. The van der Waals surface area contributed by atoms with Crippen LogP contribution >= 0.6 is 0 Å². The molecule has 0 saturated heterocycles. The number of halogens is 2. The zero-order chi connectivity index (χ0) is 23.7. The Balaban J connectivity index is 1.86. The number of aliphatic hydroxyl groups is 1. The van der Waals surface area contributed by atoms with Crippen molar-refractivity contribution in [2.45, 2.75) is 26.4 Å². The molecule has 0 fully saturated rings. The molecule has 172 valence electrons. The van der Waals surface area contributed by atoms with E-state index in [2.05, 4.69) is 30.4 Å². The second kappa shape index (κ2) is 8.90. The molecule has 0 spiro atoms. The number of carboxylic acids is 1. The molecule has 0 unspecified atom stereocenters. The highest BCUT2D eigenvalue weighted by molar-refractivity contribution is 5.92. The molecule has 0 aliphatic rings. The lowest BCUT2D eigenvalue weighted by Crippen LogP contribution is -2.30. The summed E-state index contributed by atoms with van der Waals surface area (Å²) in [5.41, 5.74) is 1.04. The van der Waals surface area contributed by atoms with Gasteiger partial charge in [-0.3, -0.25) is 9.48 Å². The number of carbonyl (C=O) groups is 1. The number of rotatable bonds is 8. The van der Waals surface area contributed by atoms with Crippen LogP contribution in [0.3, 0.4) is 0 Å². The summed E-state index contributed by atoms with van der Waals surface area (Å²) in [6.45, 7) is 3.16. The van der Waals surface area contributed by atoms with Crippen molar-refractivity contribution in [2.75, 3.05) is 11.9 Å². The number of carboxylic acid groups (broad SMARTS) is 1. The van der Waals surface area contributed by atoms with E-state index in [1.165, 1.54) is 36.3 Å². The minimum atomic E-state index is -1.05. The third-order valence-corrected chi connectivity index (χ3v) is 5.33. The fourth-order valence-electron chi connectivity index (χ4n) is 3.28. The number of hydrogen-bond acceptors (Lipinski definition) is 7. The highest BCUT2D eigenvalue weighted by Crippen LogP contribution is 2.32. The summed E-state index contributed by atoms with van der Waals surface area (Å²) < 4.78 is 30.7. The van der Waals surface area contributed by atoms with Gasteiger partial charge >= 0.3 is 5.97 Å². The molecule has 0 aliphatic carbocycles. The predicted octanol–water partition coefficient (Wildman–Crippen LogP) is 2.67. The second-order valence-corrected chi connectivity index (χ2v) is 7.59. The molecule has 0 saturated carbocycles. The Hall–Kier alpha value is -3.93. The van der Waals surface area contributed by atoms with Gasteiger partial charge in [0, 0.05) is 34.9 Å². The van der Waals surface area contributed by atoms with Gasteiger partial charge in [0.25, 0.3) is 0 Å². The van der Waals surface area contributed by atoms with Gasteiger partial charge < -0.3 is 20.5 Å². The Kier molecular flexibility index (Phi) is 6.01. The van der Waals surface area contributed by atoms with Crippen LogP contribution in [0.15, 0.2) is 30.9 Å². The van der Waals surface area contributed by atoms with E-state index < -0.39 is 29.6 Å². The van der Waals surface area contributed by atoms with E-state index in [1.54, 1.807) is 6.92 Å². The molecule has 2 atom stereocenters. The van der Waals surface area contributed by atoms with Gasteiger partial charge in [-0.15, -0.1) is 0 Å². The molecule has 0 aliphatic heterocycles. The van der Waals surface area contributed by atoms with E-state index in [0.717, 1.165) is 6.20 Å². The number of aromatic nitrogens is 6. The van der Waals surface area contributed by atoms with Gasteiger partial charge in [0.15, 0.2) is 17.5 Å². The van der Waals surface area contributed by atoms with Gasteiger partial charge in [0.1, 0.15) is 17.2 Å². The third kappa shape index (κ3) is 4.37. The van der Waals surface area contributed by atoms with E-state index in [1.807, 2.05) is 0 Å². The molecule has 0 bridgehead atoms. The Labute approximate surface area is 186 Å².